The first-order chi connectivity index (χ1) is 9.17. The molecule has 0 saturated heterocycles. The van der Waals surface area contributed by atoms with Gasteiger partial charge in [-0.2, -0.15) is 0 Å². The van der Waals surface area contributed by atoms with Crippen molar-refractivity contribution >= 4 is 17.5 Å². The Morgan fingerprint density at radius 2 is 1.84 bits per heavy atom. The van der Waals surface area contributed by atoms with Gasteiger partial charge >= 0.3 is 0 Å². The van der Waals surface area contributed by atoms with Crippen LogP contribution < -0.4 is 10.6 Å². The molecule has 0 aliphatic carbocycles. The Labute approximate surface area is 114 Å². The van der Waals surface area contributed by atoms with E-state index in [2.05, 4.69) is 10.6 Å². The normalized spacial score (nSPS) is 10.0. The summed E-state index contributed by atoms with van der Waals surface area (Å²) in [6.07, 6.45) is 3.17. The first-order valence-electron chi connectivity index (χ1n) is 6.81. The number of carbonyl (C=O) groups is 2. The Morgan fingerprint density at radius 1 is 1.11 bits per heavy atom. The molecule has 2 N–H and O–H groups in total. The van der Waals surface area contributed by atoms with Crippen LogP contribution in [0.1, 0.15) is 38.7 Å². The number of amides is 2. The van der Waals surface area contributed by atoms with Crippen molar-refractivity contribution in [3.8, 4) is 0 Å². The van der Waals surface area contributed by atoms with Crippen LogP contribution in [0, 0.1) is 0 Å². The molecule has 104 valence electrons. The molecule has 1 aromatic carbocycles. The van der Waals surface area contributed by atoms with Crippen molar-refractivity contribution in [1.29, 1.82) is 0 Å². The summed E-state index contributed by atoms with van der Waals surface area (Å²) in [5, 5.41) is 5.44. The van der Waals surface area contributed by atoms with Crippen LogP contribution in [0.3, 0.4) is 0 Å². The number of rotatable bonds is 7. The van der Waals surface area contributed by atoms with Gasteiger partial charge in [0.05, 0.1) is 6.54 Å². The minimum absolute atomic E-state index is 0.0284. The largest absolute Gasteiger partial charge is 0.347 e. The first-order valence-corrected chi connectivity index (χ1v) is 6.81. The van der Waals surface area contributed by atoms with Crippen molar-refractivity contribution in [2.24, 2.45) is 0 Å². The van der Waals surface area contributed by atoms with E-state index in [1.54, 1.807) is 0 Å². The second-order valence-corrected chi connectivity index (χ2v) is 4.44. The number of hydrogen-bond donors (Lipinski definition) is 2. The maximum Gasteiger partial charge on any atom is 0.243 e. The Kier molecular flexibility index (Phi) is 6.64. The van der Waals surface area contributed by atoms with Gasteiger partial charge < -0.3 is 10.6 Å². The highest BCUT2D eigenvalue weighted by Crippen LogP contribution is 2.14. The summed E-state index contributed by atoms with van der Waals surface area (Å²) in [6, 6.07) is 7.68. The van der Waals surface area contributed by atoms with E-state index < -0.39 is 0 Å². The number of unbranched alkanes of at least 4 members (excludes halogenated alkanes) is 1. The highest BCUT2D eigenvalue weighted by Gasteiger charge is 2.07. The molecule has 0 spiro atoms. The van der Waals surface area contributed by atoms with Gasteiger partial charge in [-0.05, 0) is 24.5 Å². The van der Waals surface area contributed by atoms with E-state index in [0.717, 1.165) is 30.5 Å². The third kappa shape index (κ3) is 5.55. The van der Waals surface area contributed by atoms with Crippen molar-refractivity contribution in [3.63, 3.8) is 0 Å². The lowest BCUT2D eigenvalue weighted by Gasteiger charge is -2.10. The maximum atomic E-state index is 11.7. The quantitative estimate of drug-likeness (QED) is 0.793. The van der Waals surface area contributed by atoms with Gasteiger partial charge in [-0.15, -0.1) is 0 Å². The van der Waals surface area contributed by atoms with Crippen LogP contribution in [0.2, 0.25) is 0 Å². The van der Waals surface area contributed by atoms with Crippen LogP contribution >= 0.6 is 0 Å². The van der Waals surface area contributed by atoms with Gasteiger partial charge in [-0.3, -0.25) is 9.59 Å². The number of anilines is 1. The number of hydrogen-bond acceptors (Lipinski definition) is 2. The first kappa shape index (κ1) is 15.2. The molecule has 0 fully saturated rings. The molecular weight excluding hydrogens is 240 g/mol. The molecule has 0 saturated carbocycles. The summed E-state index contributed by atoms with van der Waals surface area (Å²) in [7, 11) is 0. The van der Waals surface area contributed by atoms with Crippen LogP contribution in [0.25, 0.3) is 0 Å². The molecule has 0 aromatic heterocycles. The van der Waals surface area contributed by atoms with Gasteiger partial charge in [-0.1, -0.05) is 38.5 Å². The van der Waals surface area contributed by atoms with Crippen LogP contribution in [0.15, 0.2) is 24.3 Å². The van der Waals surface area contributed by atoms with Crippen molar-refractivity contribution in [2.75, 3.05) is 11.9 Å². The molecule has 4 nitrogen and oxygen atoms in total. The van der Waals surface area contributed by atoms with Crippen LogP contribution in [0.4, 0.5) is 5.69 Å². The minimum Gasteiger partial charge on any atom is -0.347 e. The molecular formula is C15H22N2O2. The van der Waals surface area contributed by atoms with Gasteiger partial charge in [0.1, 0.15) is 0 Å². The molecule has 0 bridgehead atoms. The Hall–Kier alpha value is -1.84. The number of aryl methyl sites for hydroxylation is 1. The second kappa shape index (κ2) is 8.29. The van der Waals surface area contributed by atoms with E-state index in [9.17, 15) is 9.59 Å². The predicted molar refractivity (Wildman–Crippen MR) is 77.0 cm³/mol. The van der Waals surface area contributed by atoms with Gasteiger partial charge in [0.15, 0.2) is 0 Å². The van der Waals surface area contributed by atoms with E-state index in [0.29, 0.717) is 6.42 Å². The summed E-state index contributed by atoms with van der Waals surface area (Å²) in [4.78, 5) is 23.1. The van der Waals surface area contributed by atoms with E-state index in [-0.39, 0.29) is 18.4 Å². The topological polar surface area (TPSA) is 58.2 Å². The summed E-state index contributed by atoms with van der Waals surface area (Å²) in [5.41, 5.74) is 1.91. The van der Waals surface area contributed by atoms with E-state index >= 15 is 0 Å². The summed E-state index contributed by atoms with van der Waals surface area (Å²) in [6.45, 7) is 4.10. The zero-order chi connectivity index (χ0) is 14.1. The lowest BCUT2D eigenvalue weighted by atomic mass is 10.1. The molecule has 0 heterocycles. The van der Waals surface area contributed by atoms with E-state index in [4.69, 9.17) is 0 Å². The molecule has 19 heavy (non-hydrogen) atoms. The Morgan fingerprint density at radius 3 is 2.53 bits per heavy atom. The number of nitrogens with one attached hydrogen (secondary N) is 2. The van der Waals surface area contributed by atoms with Crippen molar-refractivity contribution < 1.29 is 9.59 Å². The maximum absolute atomic E-state index is 11.7. The number of benzene rings is 1. The molecule has 1 aromatic rings. The van der Waals surface area contributed by atoms with Gasteiger partial charge in [0, 0.05) is 12.1 Å². The summed E-state index contributed by atoms with van der Waals surface area (Å²) < 4.78 is 0. The highest BCUT2D eigenvalue weighted by atomic mass is 16.2. The van der Waals surface area contributed by atoms with Crippen LogP contribution in [-0.2, 0) is 16.0 Å². The van der Waals surface area contributed by atoms with Crippen LogP contribution in [-0.4, -0.2) is 18.4 Å². The summed E-state index contributed by atoms with van der Waals surface area (Å²) in [5.74, 6) is -0.258. The number of carbonyl (C=O) groups excluding carboxylic acids is 2. The third-order valence-corrected chi connectivity index (χ3v) is 2.88. The predicted octanol–water partition coefficient (Wildman–Crippen LogP) is 2.49. The average Bonchev–Trinajstić information content (AvgIpc) is 2.43. The third-order valence-electron chi connectivity index (χ3n) is 2.88. The fourth-order valence-corrected chi connectivity index (χ4v) is 1.75. The van der Waals surface area contributed by atoms with Gasteiger partial charge in [-0.25, -0.2) is 0 Å². The van der Waals surface area contributed by atoms with Crippen molar-refractivity contribution in [3.05, 3.63) is 29.8 Å². The SMILES string of the molecule is CCCCC(=O)NCC(=O)Nc1ccccc1CC. The van der Waals surface area contributed by atoms with Gasteiger partial charge in [0.25, 0.3) is 0 Å². The highest BCUT2D eigenvalue weighted by molar-refractivity contribution is 5.95. The zero-order valence-electron chi connectivity index (χ0n) is 11.7. The lowest BCUT2D eigenvalue weighted by Crippen LogP contribution is -2.32. The molecule has 0 unspecified atom stereocenters. The monoisotopic (exact) mass is 262 g/mol. The molecule has 4 heteroatoms. The molecule has 0 aliphatic rings. The zero-order valence-corrected chi connectivity index (χ0v) is 11.7. The standard InChI is InChI=1S/C15H22N2O2/c1-3-5-10-14(18)16-11-15(19)17-13-9-7-6-8-12(13)4-2/h6-9H,3-5,10-11H2,1-2H3,(H,16,18)(H,17,19). The van der Waals surface area contributed by atoms with Crippen molar-refractivity contribution in [2.45, 2.75) is 39.5 Å². The molecule has 0 aliphatic heterocycles. The van der Waals surface area contributed by atoms with E-state index in [1.807, 2.05) is 38.1 Å². The average molecular weight is 262 g/mol. The minimum atomic E-state index is -0.189. The molecule has 2 amide bonds. The second-order valence-electron chi connectivity index (χ2n) is 4.44. The van der Waals surface area contributed by atoms with E-state index in [1.165, 1.54) is 0 Å². The lowest BCUT2D eigenvalue weighted by molar-refractivity contribution is -0.124. The van der Waals surface area contributed by atoms with Crippen LogP contribution in [0.5, 0.6) is 0 Å². The Balaban J connectivity index is 2.41. The Bertz CT molecular complexity index is 430. The number of para-hydroxylation sites is 1. The molecule has 0 radical (unpaired) electrons. The van der Waals surface area contributed by atoms with Crippen molar-refractivity contribution in [1.82, 2.24) is 5.32 Å². The molecule has 0 atom stereocenters. The molecule has 1 rings (SSSR count). The fraction of sp³-hybridized carbons (Fsp3) is 0.467. The van der Waals surface area contributed by atoms with Gasteiger partial charge in [0.2, 0.25) is 11.8 Å². The summed E-state index contributed by atoms with van der Waals surface area (Å²) >= 11 is 0. The fourth-order valence-electron chi connectivity index (χ4n) is 1.75. The smallest absolute Gasteiger partial charge is 0.243 e.